The first-order valence-electron chi connectivity index (χ1n) is 7.82. The molecule has 0 aromatic heterocycles. The maximum Gasteiger partial charge on any atom is 0.319 e. The van der Waals surface area contributed by atoms with E-state index in [0.29, 0.717) is 17.3 Å². The van der Waals surface area contributed by atoms with Gasteiger partial charge >= 0.3 is 6.03 Å². The first-order chi connectivity index (χ1) is 12.0. The van der Waals surface area contributed by atoms with E-state index in [1.807, 2.05) is 12.1 Å². The molecule has 1 atom stereocenters. The second-order valence-electron chi connectivity index (χ2n) is 5.71. The highest BCUT2D eigenvalue weighted by Crippen LogP contribution is 2.24. The fourth-order valence-corrected chi connectivity index (χ4v) is 2.93. The highest BCUT2D eigenvalue weighted by Gasteiger charge is 2.31. The molecule has 1 aliphatic rings. The number of hydrogen-bond donors (Lipinski definition) is 2. The molecule has 130 valence electrons. The zero-order chi connectivity index (χ0) is 17.8. The molecular formula is C18H18ClN3O3. The van der Waals surface area contributed by atoms with Crippen molar-refractivity contribution in [1.82, 2.24) is 5.32 Å². The monoisotopic (exact) mass is 359 g/mol. The minimum absolute atomic E-state index is 0.0294. The standard InChI is InChI=1S/C18H18ClN3O3/c1-25-16-7-5-15(6-8-16)22-11-14(10-17(22)23)21-18(24)20-13-4-2-3-12(19)9-13/h2-9,14H,10-11H2,1H3,(H2,20,21,24)/t14-/m0/s1. The van der Waals surface area contributed by atoms with E-state index < -0.39 is 0 Å². The lowest BCUT2D eigenvalue weighted by atomic mass is 10.2. The van der Waals surface area contributed by atoms with E-state index in [1.165, 1.54) is 0 Å². The van der Waals surface area contributed by atoms with Gasteiger partial charge in [0, 0.05) is 29.4 Å². The van der Waals surface area contributed by atoms with Gasteiger partial charge in [0.25, 0.3) is 0 Å². The van der Waals surface area contributed by atoms with Crippen LogP contribution in [0, 0.1) is 0 Å². The van der Waals surface area contributed by atoms with Gasteiger partial charge in [-0.3, -0.25) is 4.79 Å². The van der Waals surface area contributed by atoms with Gasteiger partial charge in [-0.1, -0.05) is 17.7 Å². The van der Waals surface area contributed by atoms with E-state index in [4.69, 9.17) is 16.3 Å². The third-order valence-corrected chi connectivity index (χ3v) is 4.16. The Kier molecular flexibility index (Phi) is 5.09. The van der Waals surface area contributed by atoms with E-state index >= 15 is 0 Å². The third kappa shape index (κ3) is 4.22. The molecule has 1 heterocycles. The number of methoxy groups -OCH3 is 1. The number of anilines is 2. The summed E-state index contributed by atoms with van der Waals surface area (Å²) in [5, 5.41) is 6.07. The summed E-state index contributed by atoms with van der Waals surface area (Å²) in [6.07, 6.45) is 0.259. The van der Waals surface area contributed by atoms with Gasteiger partial charge in [-0.15, -0.1) is 0 Å². The van der Waals surface area contributed by atoms with Crippen LogP contribution in [0.5, 0.6) is 5.75 Å². The molecule has 1 fully saturated rings. The summed E-state index contributed by atoms with van der Waals surface area (Å²) in [4.78, 5) is 26.0. The highest BCUT2D eigenvalue weighted by molar-refractivity contribution is 6.30. The van der Waals surface area contributed by atoms with Gasteiger partial charge in [-0.25, -0.2) is 4.79 Å². The largest absolute Gasteiger partial charge is 0.497 e. The molecule has 7 heteroatoms. The molecule has 2 aromatic carbocycles. The Balaban J connectivity index is 1.59. The molecule has 0 spiro atoms. The number of nitrogens with one attached hydrogen (secondary N) is 2. The van der Waals surface area contributed by atoms with Crippen LogP contribution in [0.25, 0.3) is 0 Å². The summed E-state index contributed by atoms with van der Waals surface area (Å²) in [6, 6.07) is 13.5. The van der Waals surface area contributed by atoms with Gasteiger partial charge in [0.15, 0.2) is 0 Å². The average Bonchev–Trinajstić information content (AvgIpc) is 2.95. The van der Waals surface area contributed by atoms with Crippen molar-refractivity contribution in [1.29, 1.82) is 0 Å². The van der Waals surface area contributed by atoms with Gasteiger partial charge < -0.3 is 20.3 Å². The molecule has 2 aromatic rings. The SMILES string of the molecule is COc1ccc(N2C[C@@H](NC(=O)Nc3cccc(Cl)c3)CC2=O)cc1. The number of nitrogens with zero attached hydrogens (tertiary/aromatic N) is 1. The highest BCUT2D eigenvalue weighted by atomic mass is 35.5. The van der Waals surface area contributed by atoms with E-state index in [9.17, 15) is 9.59 Å². The lowest BCUT2D eigenvalue weighted by Gasteiger charge is -2.17. The number of benzene rings is 2. The van der Waals surface area contributed by atoms with Crippen LogP contribution in [-0.2, 0) is 4.79 Å². The van der Waals surface area contributed by atoms with Gasteiger partial charge in [0.2, 0.25) is 5.91 Å². The Bertz CT molecular complexity index is 779. The lowest BCUT2D eigenvalue weighted by molar-refractivity contribution is -0.117. The molecule has 6 nitrogen and oxygen atoms in total. The normalized spacial score (nSPS) is 16.6. The summed E-state index contributed by atoms with van der Waals surface area (Å²) in [6.45, 7) is 0.425. The predicted molar refractivity (Wildman–Crippen MR) is 97.4 cm³/mol. The van der Waals surface area contributed by atoms with E-state index in [-0.39, 0.29) is 24.4 Å². The topological polar surface area (TPSA) is 70.7 Å². The fraction of sp³-hybridized carbons (Fsp3) is 0.222. The fourth-order valence-electron chi connectivity index (χ4n) is 2.73. The van der Waals surface area contributed by atoms with Crippen molar-refractivity contribution in [3.63, 3.8) is 0 Å². The van der Waals surface area contributed by atoms with Crippen molar-refractivity contribution in [2.45, 2.75) is 12.5 Å². The van der Waals surface area contributed by atoms with Gasteiger partial charge in [-0.2, -0.15) is 0 Å². The minimum atomic E-state index is -0.364. The molecule has 3 rings (SSSR count). The van der Waals surface area contributed by atoms with Crippen molar-refractivity contribution in [3.8, 4) is 5.75 Å². The number of carbonyl (C=O) groups excluding carboxylic acids is 2. The molecule has 0 bridgehead atoms. The average molecular weight is 360 g/mol. The van der Waals surface area contributed by atoms with Crippen LogP contribution in [0.3, 0.4) is 0 Å². The molecule has 1 saturated heterocycles. The van der Waals surface area contributed by atoms with Gasteiger partial charge in [0.05, 0.1) is 13.2 Å². The molecule has 2 N–H and O–H groups in total. The van der Waals surface area contributed by atoms with E-state index in [1.54, 1.807) is 48.4 Å². The Morgan fingerprint density at radius 3 is 2.68 bits per heavy atom. The van der Waals surface area contributed by atoms with Crippen LogP contribution in [0.15, 0.2) is 48.5 Å². The summed E-state index contributed by atoms with van der Waals surface area (Å²) in [5.74, 6) is 0.698. The minimum Gasteiger partial charge on any atom is -0.497 e. The number of hydrogen-bond acceptors (Lipinski definition) is 3. The van der Waals surface area contributed by atoms with Crippen molar-refractivity contribution in [3.05, 3.63) is 53.6 Å². The molecule has 0 radical (unpaired) electrons. The second kappa shape index (κ2) is 7.44. The maximum atomic E-state index is 12.2. The Morgan fingerprint density at radius 2 is 2.00 bits per heavy atom. The van der Waals surface area contributed by atoms with Crippen molar-refractivity contribution >= 4 is 34.9 Å². The zero-order valence-corrected chi connectivity index (χ0v) is 14.4. The molecule has 3 amide bonds. The quantitative estimate of drug-likeness (QED) is 0.880. The third-order valence-electron chi connectivity index (χ3n) is 3.93. The van der Waals surface area contributed by atoms with E-state index in [2.05, 4.69) is 10.6 Å². The molecule has 0 aliphatic carbocycles. The van der Waals surface area contributed by atoms with Crippen LogP contribution in [0.1, 0.15) is 6.42 Å². The lowest BCUT2D eigenvalue weighted by Crippen LogP contribution is -2.39. The Morgan fingerprint density at radius 1 is 1.24 bits per heavy atom. The van der Waals surface area contributed by atoms with Crippen LogP contribution in [-0.4, -0.2) is 31.6 Å². The van der Waals surface area contributed by atoms with Crippen molar-refractivity contribution in [2.24, 2.45) is 0 Å². The van der Waals surface area contributed by atoms with Gasteiger partial charge in [0.1, 0.15) is 5.75 Å². The Hall–Kier alpha value is -2.73. The summed E-state index contributed by atoms with van der Waals surface area (Å²) >= 11 is 5.89. The van der Waals surface area contributed by atoms with Crippen LogP contribution in [0.2, 0.25) is 5.02 Å². The van der Waals surface area contributed by atoms with Crippen molar-refractivity contribution < 1.29 is 14.3 Å². The Labute approximate surface area is 150 Å². The van der Waals surface area contributed by atoms with Crippen LogP contribution >= 0.6 is 11.6 Å². The first-order valence-corrected chi connectivity index (χ1v) is 8.20. The number of halogens is 1. The van der Waals surface area contributed by atoms with Crippen LogP contribution < -0.4 is 20.3 Å². The molecule has 1 aliphatic heterocycles. The van der Waals surface area contributed by atoms with Crippen LogP contribution in [0.4, 0.5) is 16.2 Å². The number of amides is 3. The molecular weight excluding hydrogens is 342 g/mol. The molecule has 25 heavy (non-hydrogen) atoms. The number of rotatable bonds is 4. The number of carbonyl (C=O) groups is 2. The maximum absolute atomic E-state index is 12.2. The molecule has 0 saturated carbocycles. The predicted octanol–water partition coefficient (Wildman–Crippen LogP) is 3.28. The summed E-state index contributed by atoms with van der Waals surface area (Å²) in [5.41, 5.74) is 1.38. The van der Waals surface area contributed by atoms with E-state index in [0.717, 1.165) is 11.4 Å². The second-order valence-corrected chi connectivity index (χ2v) is 6.15. The van der Waals surface area contributed by atoms with Crippen molar-refractivity contribution in [2.75, 3.05) is 23.9 Å². The number of ether oxygens (including phenoxy) is 1. The zero-order valence-electron chi connectivity index (χ0n) is 13.7. The van der Waals surface area contributed by atoms with Gasteiger partial charge in [-0.05, 0) is 42.5 Å². The summed E-state index contributed by atoms with van der Waals surface area (Å²) in [7, 11) is 1.59. The number of urea groups is 1. The smallest absolute Gasteiger partial charge is 0.319 e. The summed E-state index contributed by atoms with van der Waals surface area (Å²) < 4.78 is 5.12. The molecule has 0 unspecified atom stereocenters. The first kappa shape index (κ1) is 17.1.